The van der Waals surface area contributed by atoms with Crippen molar-refractivity contribution in [2.75, 3.05) is 0 Å². The molecule has 0 saturated heterocycles. The summed E-state index contributed by atoms with van der Waals surface area (Å²) in [5.41, 5.74) is 8.25. The summed E-state index contributed by atoms with van der Waals surface area (Å²) in [5, 5.41) is 0. The van der Waals surface area contributed by atoms with Gasteiger partial charge >= 0.3 is 0 Å². The summed E-state index contributed by atoms with van der Waals surface area (Å²) in [5.74, 6) is 2.95. The Morgan fingerprint density at radius 1 is 1.50 bits per heavy atom. The van der Waals surface area contributed by atoms with Gasteiger partial charge in [-0.3, -0.25) is 0 Å². The van der Waals surface area contributed by atoms with Crippen molar-refractivity contribution in [3.8, 4) is 0 Å². The van der Waals surface area contributed by atoms with Crippen LogP contribution in [0, 0.1) is 23.2 Å². The lowest BCUT2D eigenvalue weighted by molar-refractivity contribution is 0.175. The third kappa shape index (κ3) is 1.84. The highest BCUT2D eigenvalue weighted by atomic mass is 14.8. The minimum atomic E-state index is 0.361. The first kappa shape index (κ1) is 12.2. The molecule has 5 atom stereocenters. The average molecular weight is 221 g/mol. The monoisotopic (exact) mass is 221 g/mol. The van der Waals surface area contributed by atoms with Crippen LogP contribution < -0.4 is 5.73 Å². The molecule has 2 fully saturated rings. The minimum absolute atomic E-state index is 0.361. The molecule has 2 aliphatic rings. The van der Waals surface area contributed by atoms with Crippen molar-refractivity contribution in [2.45, 2.75) is 58.9 Å². The molecule has 0 aromatic rings. The van der Waals surface area contributed by atoms with Crippen LogP contribution in [0.25, 0.3) is 0 Å². The minimum Gasteiger partial charge on any atom is -0.327 e. The van der Waals surface area contributed by atoms with Crippen molar-refractivity contribution in [2.24, 2.45) is 28.9 Å². The molecule has 0 radical (unpaired) electrons. The van der Waals surface area contributed by atoms with Gasteiger partial charge in [-0.2, -0.15) is 0 Å². The molecule has 0 amide bonds. The Balaban J connectivity index is 1.75. The van der Waals surface area contributed by atoms with Crippen LogP contribution in [0.3, 0.4) is 0 Å². The molecule has 0 spiro atoms. The van der Waals surface area contributed by atoms with Gasteiger partial charge in [0, 0.05) is 6.04 Å². The molecule has 0 aromatic heterocycles. The summed E-state index contributed by atoms with van der Waals surface area (Å²) >= 11 is 0. The molecule has 0 heterocycles. The standard InChI is InChI=1S/C15H27N/c1-5-10(3)7-12(16)8-11-9-15(4)13(6-2)14(11)15/h11-14H,3,5-9,16H2,1-2,4H3/t11-,12?,13?,14?,15?/m0/s1. The fourth-order valence-electron chi connectivity index (χ4n) is 4.32. The summed E-state index contributed by atoms with van der Waals surface area (Å²) in [6, 6.07) is 0.361. The van der Waals surface area contributed by atoms with Gasteiger partial charge in [-0.1, -0.05) is 39.3 Å². The van der Waals surface area contributed by atoms with E-state index in [1.54, 1.807) is 0 Å². The van der Waals surface area contributed by atoms with Gasteiger partial charge in [0.15, 0.2) is 0 Å². The summed E-state index contributed by atoms with van der Waals surface area (Å²) < 4.78 is 0. The van der Waals surface area contributed by atoms with Gasteiger partial charge in [0.1, 0.15) is 0 Å². The van der Waals surface area contributed by atoms with Crippen LogP contribution in [0.15, 0.2) is 12.2 Å². The van der Waals surface area contributed by atoms with Gasteiger partial charge < -0.3 is 5.73 Å². The third-order valence-electron chi connectivity index (χ3n) is 5.24. The van der Waals surface area contributed by atoms with Crippen LogP contribution in [-0.4, -0.2) is 6.04 Å². The fraction of sp³-hybridized carbons (Fsp3) is 0.867. The van der Waals surface area contributed by atoms with Gasteiger partial charge in [0.2, 0.25) is 0 Å². The molecule has 2 N–H and O–H groups in total. The van der Waals surface area contributed by atoms with Gasteiger partial charge in [-0.05, 0) is 48.9 Å². The zero-order valence-electron chi connectivity index (χ0n) is 11.1. The van der Waals surface area contributed by atoms with E-state index < -0.39 is 0 Å². The predicted molar refractivity (Wildman–Crippen MR) is 70.1 cm³/mol. The number of fused-ring (bicyclic) bond motifs is 1. The third-order valence-corrected chi connectivity index (χ3v) is 5.24. The lowest BCUT2D eigenvalue weighted by atomic mass is 9.72. The zero-order valence-corrected chi connectivity index (χ0v) is 11.1. The van der Waals surface area contributed by atoms with E-state index >= 15 is 0 Å². The number of rotatable bonds is 6. The Kier molecular flexibility index (Phi) is 3.18. The molecule has 0 aromatic carbocycles. The van der Waals surface area contributed by atoms with Gasteiger partial charge in [0.05, 0.1) is 0 Å². The van der Waals surface area contributed by atoms with Crippen molar-refractivity contribution in [3.05, 3.63) is 12.2 Å². The number of hydrogen-bond donors (Lipinski definition) is 1. The fourth-order valence-corrected chi connectivity index (χ4v) is 4.32. The van der Waals surface area contributed by atoms with Crippen LogP contribution in [0.1, 0.15) is 52.9 Å². The highest BCUT2D eigenvalue weighted by Crippen LogP contribution is 2.76. The Morgan fingerprint density at radius 3 is 2.69 bits per heavy atom. The van der Waals surface area contributed by atoms with E-state index in [2.05, 4.69) is 27.4 Å². The second-order valence-corrected chi connectivity index (χ2v) is 6.31. The topological polar surface area (TPSA) is 26.0 Å². The van der Waals surface area contributed by atoms with Gasteiger partial charge in [-0.15, -0.1) is 0 Å². The smallest absolute Gasteiger partial charge is 0.00787 e. The van der Waals surface area contributed by atoms with Crippen LogP contribution >= 0.6 is 0 Å². The maximum Gasteiger partial charge on any atom is 0.00787 e. The van der Waals surface area contributed by atoms with Gasteiger partial charge in [0.25, 0.3) is 0 Å². The molecule has 0 aliphatic heterocycles. The molecule has 92 valence electrons. The van der Waals surface area contributed by atoms with Crippen molar-refractivity contribution in [1.29, 1.82) is 0 Å². The molecular formula is C15H27N. The second kappa shape index (κ2) is 4.18. The molecule has 1 nitrogen and oxygen atoms in total. The largest absolute Gasteiger partial charge is 0.327 e. The maximum atomic E-state index is 6.21. The molecule has 2 aliphatic carbocycles. The Hall–Kier alpha value is -0.300. The van der Waals surface area contributed by atoms with Crippen LogP contribution in [0.2, 0.25) is 0 Å². The van der Waals surface area contributed by atoms with E-state index in [0.717, 1.165) is 36.0 Å². The van der Waals surface area contributed by atoms with Gasteiger partial charge in [-0.25, -0.2) is 0 Å². The summed E-state index contributed by atoms with van der Waals surface area (Å²) in [4.78, 5) is 0. The van der Waals surface area contributed by atoms with E-state index in [0.29, 0.717) is 6.04 Å². The first-order valence-electron chi connectivity index (χ1n) is 6.95. The summed E-state index contributed by atoms with van der Waals surface area (Å²) in [6.45, 7) is 11.0. The lowest BCUT2D eigenvalue weighted by Gasteiger charge is -2.33. The van der Waals surface area contributed by atoms with E-state index in [4.69, 9.17) is 5.73 Å². The highest BCUT2D eigenvalue weighted by Gasteiger charge is 2.70. The Labute approximate surface area is 100 Å². The normalized spacial score (nSPS) is 42.1. The molecule has 1 heteroatoms. The SMILES string of the molecule is C=C(CC)CC(N)C[C@H]1CC2(C)C(CC)C12. The van der Waals surface area contributed by atoms with Crippen LogP contribution in [-0.2, 0) is 0 Å². The predicted octanol–water partition coefficient (Wildman–Crippen LogP) is 3.74. The number of hydrogen-bond acceptors (Lipinski definition) is 1. The molecular weight excluding hydrogens is 194 g/mol. The Bertz CT molecular complexity index is 283. The lowest BCUT2D eigenvalue weighted by Crippen LogP contribution is -2.31. The van der Waals surface area contributed by atoms with Crippen LogP contribution in [0.4, 0.5) is 0 Å². The Morgan fingerprint density at radius 2 is 2.19 bits per heavy atom. The highest BCUT2D eigenvalue weighted by molar-refractivity contribution is 5.19. The molecule has 16 heavy (non-hydrogen) atoms. The van der Waals surface area contributed by atoms with Crippen LogP contribution in [0.5, 0.6) is 0 Å². The molecule has 0 bridgehead atoms. The first-order valence-corrected chi connectivity index (χ1v) is 6.95. The van der Waals surface area contributed by atoms with Crippen molar-refractivity contribution in [3.63, 3.8) is 0 Å². The van der Waals surface area contributed by atoms with E-state index in [-0.39, 0.29) is 0 Å². The first-order chi connectivity index (χ1) is 7.52. The quantitative estimate of drug-likeness (QED) is 0.679. The van der Waals surface area contributed by atoms with E-state index in [1.807, 2.05) is 0 Å². The number of nitrogens with two attached hydrogens (primary N) is 1. The van der Waals surface area contributed by atoms with E-state index in [9.17, 15) is 0 Å². The average Bonchev–Trinajstić information content (AvgIpc) is 2.72. The summed E-state index contributed by atoms with van der Waals surface area (Å²) in [6.07, 6.45) is 6.15. The summed E-state index contributed by atoms with van der Waals surface area (Å²) in [7, 11) is 0. The molecule has 4 unspecified atom stereocenters. The maximum absolute atomic E-state index is 6.21. The van der Waals surface area contributed by atoms with Crippen molar-refractivity contribution < 1.29 is 0 Å². The molecule has 2 saturated carbocycles. The van der Waals surface area contributed by atoms with E-state index in [1.165, 1.54) is 24.8 Å². The zero-order chi connectivity index (χ0) is 11.9. The molecule has 2 rings (SSSR count). The van der Waals surface area contributed by atoms with Crippen molar-refractivity contribution >= 4 is 0 Å². The van der Waals surface area contributed by atoms with Crippen molar-refractivity contribution in [1.82, 2.24) is 0 Å². The second-order valence-electron chi connectivity index (χ2n) is 6.31.